The maximum atomic E-state index is 13.3. The van der Waals surface area contributed by atoms with Gasteiger partial charge in [0, 0.05) is 11.3 Å². The van der Waals surface area contributed by atoms with Crippen molar-refractivity contribution in [1.29, 1.82) is 0 Å². The first kappa shape index (κ1) is 19.4. The molecule has 1 aliphatic heterocycles. The standard InChI is InChI=1S/C16H12BrClFN3O2S2/c1-8-14(12-5-6-13(17)25-12)21-26(24)22(2)15(8)16(23)20-9-3-4-11(19)10(18)7-9/h3-7H,1-2H3,(H,20,23). The van der Waals surface area contributed by atoms with Gasteiger partial charge >= 0.3 is 0 Å². The maximum absolute atomic E-state index is 13.3. The highest BCUT2D eigenvalue weighted by molar-refractivity contribution is 9.11. The normalized spacial score (nSPS) is 17.4. The summed E-state index contributed by atoms with van der Waals surface area (Å²) in [5.74, 6) is -1.06. The minimum Gasteiger partial charge on any atom is -0.566 e. The SMILES string of the molecule is CC1=C(C(=O)Nc2ccc(F)c(Cl)c2)N(C)[S+]([O-])N=C1c1ccc(Br)s1. The van der Waals surface area contributed by atoms with Crippen LogP contribution in [0.3, 0.4) is 0 Å². The van der Waals surface area contributed by atoms with Gasteiger partial charge in [0.25, 0.3) is 5.91 Å². The van der Waals surface area contributed by atoms with Crippen LogP contribution in [-0.2, 0) is 16.3 Å². The Hall–Kier alpha value is -1.39. The Kier molecular flexibility index (Phi) is 5.73. The van der Waals surface area contributed by atoms with E-state index in [1.807, 2.05) is 12.1 Å². The third-order valence-electron chi connectivity index (χ3n) is 3.63. The van der Waals surface area contributed by atoms with Crippen molar-refractivity contribution in [1.82, 2.24) is 4.31 Å². The second kappa shape index (κ2) is 7.69. The van der Waals surface area contributed by atoms with Gasteiger partial charge in [-0.05, 0) is 57.6 Å². The molecule has 0 saturated heterocycles. The van der Waals surface area contributed by atoms with E-state index in [1.165, 1.54) is 34.8 Å². The van der Waals surface area contributed by atoms with Gasteiger partial charge in [-0.1, -0.05) is 11.6 Å². The summed E-state index contributed by atoms with van der Waals surface area (Å²) < 4.78 is 32.0. The zero-order chi connectivity index (χ0) is 19.0. The second-order valence-corrected chi connectivity index (χ2v) is 9.39. The molecule has 1 atom stereocenters. The highest BCUT2D eigenvalue weighted by Crippen LogP contribution is 2.31. The lowest BCUT2D eigenvalue weighted by Gasteiger charge is -2.25. The zero-order valence-electron chi connectivity index (χ0n) is 13.5. The Morgan fingerprint density at radius 1 is 1.42 bits per heavy atom. The molecule has 0 saturated carbocycles. The van der Waals surface area contributed by atoms with Crippen molar-refractivity contribution < 1.29 is 13.7 Å². The van der Waals surface area contributed by atoms with Gasteiger partial charge in [0.2, 0.25) is 11.5 Å². The lowest BCUT2D eigenvalue weighted by Crippen LogP contribution is -2.37. The lowest BCUT2D eigenvalue weighted by atomic mass is 10.1. The van der Waals surface area contributed by atoms with Crippen molar-refractivity contribution in [3.63, 3.8) is 0 Å². The molecule has 2 heterocycles. The highest BCUT2D eigenvalue weighted by atomic mass is 79.9. The van der Waals surface area contributed by atoms with E-state index in [9.17, 15) is 13.7 Å². The molecule has 1 amide bonds. The van der Waals surface area contributed by atoms with Gasteiger partial charge in [-0.2, -0.15) is 4.31 Å². The van der Waals surface area contributed by atoms with Crippen molar-refractivity contribution in [2.45, 2.75) is 6.92 Å². The Labute approximate surface area is 170 Å². The predicted octanol–water partition coefficient (Wildman–Crippen LogP) is 4.53. The number of nitrogens with zero attached hydrogens (tertiary/aromatic N) is 2. The molecule has 0 spiro atoms. The van der Waals surface area contributed by atoms with Crippen molar-refractivity contribution in [3.05, 3.63) is 61.1 Å². The summed E-state index contributed by atoms with van der Waals surface area (Å²) in [6.45, 7) is 1.74. The average molecular weight is 477 g/mol. The van der Waals surface area contributed by atoms with E-state index in [0.717, 1.165) is 14.7 Å². The molecule has 2 aromatic rings. The fourth-order valence-electron chi connectivity index (χ4n) is 2.38. The van der Waals surface area contributed by atoms with E-state index in [4.69, 9.17) is 11.6 Å². The Morgan fingerprint density at radius 3 is 2.77 bits per heavy atom. The molecule has 0 bridgehead atoms. The molecule has 1 unspecified atom stereocenters. The number of anilines is 1. The monoisotopic (exact) mass is 475 g/mol. The fraction of sp³-hybridized carbons (Fsp3) is 0.125. The number of carbonyl (C=O) groups excluding carboxylic acids is 1. The number of nitrogens with one attached hydrogen (secondary N) is 1. The maximum Gasteiger partial charge on any atom is 0.276 e. The molecule has 0 aliphatic carbocycles. The minimum atomic E-state index is -1.74. The van der Waals surface area contributed by atoms with Crippen LogP contribution >= 0.6 is 38.9 Å². The first-order chi connectivity index (χ1) is 12.3. The van der Waals surface area contributed by atoms with Crippen molar-refractivity contribution in [3.8, 4) is 0 Å². The van der Waals surface area contributed by atoms with Crippen molar-refractivity contribution >= 4 is 67.7 Å². The van der Waals surface area contributed by atoms with Crippen LogP contribution in [0.2, 0.25) is 5.02 Å². The first-order valence-electron chi connectivity index (χ1n) is 7.25. The molecule has 5 nitrogen and oxygen atoms in total. The quantitative estimate of drug-likeness (QED) is 0.662. The summed E-state index contributed by atoms with van der Waals surface area (Å²) >= 11 is 8.83. The van der Waals surface area contributed by atoms with Gasteiger partial charge < -0.3 is 9.87 Å². The van der Waals surface area contributed by atoms with Crippen LogP contribution in [0.15, 0.2) is 49.8 Å². The van der Waals surface area contributed by atoms with Gasteiger partial charge in [-0.3, -0.25) is 4.79 Å². The predicted molar refractivity (Wildman–Crippen MR) is 107 cm³/mol. The molecule has 0 radical (unpaired) electrons. The number of likely N-dealkylation sites (N-methyl/N-ethyl adjacent to an activating group) is 1. The molecule has 1 aliphatic rings. The van der Waals surface area contributed by atoms with Crippen LogP contribution in [-0.4, -0.2) is 27.5 Å². The van der Waals surface area contributed by atoms with Gasteiger partial charge in [-0.25, -0.2) is 4.39 Å². The van der Waals surface area contributed by atoms with Crippen LogP contribution in [0.25, 0.3) is 0 Å². The number of thiophene rings is 1. The van der Waals surface area contributed by atoms with E-state index >= 15 is 0 Å². The lowest BCUT2D eigenvalue weighted by molar-refractivity contribution is -0.113. The topological polar surface area (TPSA) is 67.8 Å². The average Bonchev–Trinajstić information content (AvgIpc) is 3.01. The summed E-state index contributed by atoms with van der Waals surface area (Å²) in [7, 11) is 1.52. The minimum absolute atomic E-state index is 0.0974. The van der Waals surface area contributed by atoms with E-state index < -0.39 is 23.3 Å². The van der Waals surface area contributed by atoms with Crippen LogP contribution in [0.4, 0.5) is 10.1 Å². The van der Waals surface area contributed by atoms with Crippen molar-refractivity contribution in [2.75, 3.05) is 12.4 Å². The second-order valence-electron chi connectivity index (χ2n) is 5.33. The third-order valence-corrected chi connectivity index (χ3v) is 6.54. The molecule has 136 valence electrons. The van der Waals surface area contributed by atoms with Crippen LogP contribution in [0.1, 0.15) is 11.8 Å². The Bertz CT molecular complexity index is 947. The molecule has 1 aromatic carbocycles. The highest BCUT2D eigenvalue weighted by Gasteiger charge is 2.34. The number of amides is 1. The number of allylic oxidation sites excluding steroid dienone is 1. The molecule has 26 heavy (non-hydrogen) atoms. The van der Waals surface area contributed by atoms with E-state index in [-0.39, 0.29) is 10.7 Å². The molecular weight excluding hydrogens is 465 g/mol. The number of benzene rings is 1. The molecule has 10 heteroatoms. The molecule has 0 fully saturated rings. The van der Waals surface area contributed by atoms with Gasteiger partial charge in [0.1, 0.15) is 11.5 Å². The molecule has 1 aromatic heterocycles. The number of carbonyl (C=O) groups is 1. The third kappa shape index (κ3) is 3.81. The largest absolute Gasteiger partial charge is 0.566 e. The molecule has 1 N–H and O–H groups in total. The number of hydrogen-bond acceptors (Lipinski definition) is 5. The number of halogens is 3. The van der Waals surface area contributed by atoms with E-state index in [1.54, 1.807) is 6.92 Å². The summed E-state index contributed by atoms with van der Waals surface area (Å²) in [5.41, 5.74) is 1.65. The van der Waals surface area contributed by atoms with E-state index in [2.05, 4.69) is 25.6 Å². The molecular formula is C16H12BrClFN3O2S2. The van der Waals surface area contributed by atoms with E-state index in [0.29, 0.717) is 17.0 Å². The summed E-state index contributed by atoms with van der Waals surface area (Å²) in [4.78, 5) is 13.6. The zero-order valence-corrected chi connectivity index (χ0v) is 17.5. The Morgan fingerprint density at radius 2 is 2.15 bits per heavy atom. The fourth-order valence-corrected chi connectivity index (χ4v) is 4.94. The summed E-state index contributed by atoms with van der Waals surface area (Å²) in [5, 5.41) is 2.56. The van der Waals surface area contributed by atoms with Crippen LogP contribution in [0, 0.1) is 5.82 Å². The Balaban J connectivity index is 1.96. The van der Waals surface area contributed by atoms with Crippen molar-refractivity contribution in [2.24, 2.45) is 4.40 Å². The van der Waals surface area contributed by atoms with Gasteiger partial charge in [0.05, 0.1) is 20.7 Å². The summed E-state index contributed by atoms with van der Waals surface area (Å²) in [6.07, 6.45) is 0. The van der Waals surface area contributed by atoms with Gasteiger partial charge in [-0.15, -0.1) is 11.3 Å². The number of hydrogen-bond donors (Lipinski definition) is 1. The van der Waals surface area contributed by atoms with Crippen LogP contribution < -0.4 is 5.32 Å². The van der Waals surface area contributed by atoms with Crippen LogP contribution in [0.5, 0.6) is 0 Å². The van der Waals surface area contributed by atoms with Gasteiger partial charge in [0.15, 0.2) is 5.70 Å². The first-order valence-corrected chi connectivity index (χ1v) is 10.3. The summed E-state index contributed by atoms with van der Waals surface area (Å²) in [6, 6.07) is 7.58. The molecule has 3 rings (SSSR count). The number of rotatable bonds is 3. The smallest absolute Gasteiger partial charge is 0.276 e.